The second-order valence-corrected chi connectivity index (χ2v) is 18.1. The average Bonchev–Trinajstić information content (AvgIpc) is 3.14. The van der Waals surface area contributed by atoms with Crippen LogP contribution in [0.3, 0.4) is 0 Å². The molecular weight excluding hydrogens is 970 g/mol. The van der Waals surface area contributed by atoms with E-state index in [2.05, 4.69) is 40.4 Å². The van der Waals surface area contributed by atoms with E-state index in [9.17, 15) is 51.9 Å². The van der Waals surface area contributed by atoms with Crippen LogP contribution in [0.15, 0.2) is 136 Å². The smallest absolute Gasteiger partial charge is 0.295 e. The molecule has 0 bridgehead atoms. The molecule has 21 nitrogen and oxygen atoms in total. The number of nitrogens with zero attached hydrogens (tertiary/aromatic N) is 6. The largest absolute Gasteiger partial charge is 0.300 e. The van der Waals surface area contributed by atoms with Gasteiger partial charge in [0, 0.05) is 151 Å². The van der Waals surface area contributed by atoms with Gasteiger partial charge in [-0.25, -0.2) is 4.99 Å². The molecule has 0 amide bonds. The number of hydrogen-bond acceptors (Lipinski definition) is 15. The number of hydrogen-bond donors (Lipinski definition) is 7. The molecule has 306 valence electrons. The number of aromatic nitrogens is 3. The van der Waals surface area contributed by atoms with Crippen LogP contribution >= 0.6 is 11.6 Å². The van der Waals surface area contributed by atoms with Gasteiger partial charge in [-0.05, 0) is 72.3 Å². The minimum absolute atomic E-state index is 0. The summed E-state index contributed by atoms with van der Waals surface area (Å²) in [5, 5.41) is 23.9. The zero-order valence-electron chi connectivity index (χ0n) is 32.9. The van der Waals surface area contributed by atoms with Crippen molar-refractivity contribution in [3.8, 4) is 0 Å². The molecule has 0 spiro atoms. The number of rotatable bonds is 9. The first-order chi connectivity index (χ1) is 27.6. The van der Waals surface area contributed by atoms with Crippen molar-refractivity contribution in [2.75, 3.05) is 0 Å². The fourth-order valence-corrected chi connectivity index (χ4v) is 8.79. The first-order valence-corrected chi connectivity index (χ1v) is 22.1. The summed E-state index contributed by atoms with van der Waals surface area (Å²) in [7, 11) is -19.5. The number of benzene rings is 6. The Labute approximate surface area is 449 Å². The zero-order valence-corrected chi connectivity index (χ0v) is 44.9. The monoisotopic (exact) mass is 991 g/mol. The molecule has 0 fully saturated rings. The minimum Gasteiger partial charge on any atom is -0.300 e. The Balaban J connectivity index is 0.00000264. The van der Waals surface area contributed by atoms with Crippen molar-refractivity contribution in [1.29, 1.82) is 5.41 Å². The SMILES string of the molecule is N=c1nc(Cl)[nH]c(=Nc2ccc(N=Nc3ccc(N=Nc4cc(S(=O)(=O)O)c5cccc(S(=O)(=O)O)c5c4)c4ccc(S(=O)(=O)O)cc34)c3cccc(S(=O)(=O)O)c23)[nH]1.[Na].[Na].[Na].[Na]. The third kappa shape index (κ3) is 12.4. The Morgan fingerprint density at radius 3 is 1.60 bits per heavy atom. The summed E-state index contributed by atoms with van der Waals surface area (Å²) in [5.74, 6) is 0. The van der Waals surface area contributed by atoms with Crippen LogP contribution in [0.4, 0.5) is 28.4 Å². The Bertz CT molecular complexity index is 3640. The molecule has 0 saturated carbocycles. The molecule has 1 heterocycles. The zero-order chi connectivity index (χ0) is 42.7. The van der Waals surface area contributed by atoms with E-state index in [0.29, 0.717) is 0 Å². The quantitative estimate of drug-likeness (QED) is 0.0578. The fraction of sp³-hybridized carbons (Fsp3) is 0. The van der Waals surface area contributed by atoms with Crippen LogP contribution in [0.1, 0.15) is 0 Å². The number of aromatic amines is 2. The van der Waals surface area contributed by atoms with E-state index in [1.807, 2.05) is 0 Å². The third-order valence-corrected chi connectivity index (χ3v) is 12.1. The predicted octanol–water partition coefficient (Wildman–Crippen LogP) is 4.86. The molecule has 7 rings (SSSR count). The summed E-state index contributed by atoms with van der Waals surface area (Å²) in [6.07, 6.45) is 0. The molecule has 6 aromatic carbocycles. The minimum atomic E-state index is -4.97. The van der Waals surface area contributed by atoms with Crippen molar-refractivity contribution in [1.82, 2.24) is 15.0 Å². The summed E-state index contributed by atoms with van der Waals surface area (Å²) in [6, 6.07) is 18.0. The van der Waals surface area contributed by atoms with Gasteiger partial charge in [0.15, 0.2) is 0 Å². The van der Waals surface area contributed by atoms with Crippen LogP contribution in [0.2, 0.25) is 5.28 Å². The molecule has 30 heteroatoms. The topological polar surface area (TPSA) is 348 Å². The van der Waals surface area contributed by atoms with Crippen molar-refractivity contribution in [2.45, 2.75) is 19.6 Å². The maximum Gasteiger partial charge on any atom is 0.295 e. The van der Waals surface area contributed by atoms with E-state index >= 15 is 0 Å². The van der Waals surface area contributed by atoms with E-state index in [0.717, 1.165) is 42.5 Å². The van der Waals surface area contributed by atoms with Gasteiger partial charge in [-0.3, -0.25) is 28.6 Å². The van der Waals surface area contributed by atoms with Gasteiger partial charge in [-0.1, -0.05) is 30.3 Å². The first-order valence-electron chi connectivity index (χ1n) is 16.0. The summed E-state index contributed by atoms with van der Waals surface area (Å²) >= 11 is 5.91. The predicted molar refractivity (Wildman–Crippen MR) is 231 cm³/mol. The van der Waals surface area contributed by atoms with Crippen molar-refractivity contribution < 1.29 is 51.9 Å². The summed E-state index contributed by atoms with van der Waals surface area (Å²) in [5.41, 5.74) is -0.768. The molecular formula is C33H22ClN9Na4O12S4. The van der Waals surface area contributed by atoms with Gasteiger partial charge in [0.05, 0.1) is 33.3 Å². The Morgan fingerprint density at radius 2 is 1.03 bits per heavy atom. The van der Waals surface area contributed by atoms with Crippen molar-refractivity contribution >= 4 is 231 Å². The third-order valence-electron chi connectivity index (χ3n) is 8.37. The summed E-state index contributed by atoms with van der Waals surface area (Å²) in [4.78, 5) is 10.5. The van der Waals surface area contributed by atoms with Crippen LogP contribution in [-0.4, -0.2) is 185 Å². The van der Waals surface area contributed by atoms with Gasteiger partial charge in [0.25, 0.3) is 40.5 Å². The van der Waals surface area contributed by atoms with E-state index < -0.39 is 60.1 Å². The van der Waals surface area contributed by atoms with Crippen molar-refractivity contribution in [2.24, 2.45) is 25.4 Å². The van der Waals surface area contributed by atoms with Crippen LogP contribution in [0.25, 0.3) is 32.3 Å². The van der Waals surface area contributed by atoms with Crippen molar-refractivity contribution in [3.63, 3.8) is 0 Å². The molecule has 63 heavy (non-hydrogen) atoms. The van der Waals surface area contributed by atoms with E-state index in [1.165, 1.54) is 48.5 Å². The maximum absolute atomic E-state index is 12.5. The number of H-pyrrole nitrogens is 2. The molecule has 7 aromatic rings. The van der Waals surface area contributed by atoms with E-state index in [1.54, 1.807) is 0 Å². The van der Waals surface area contributed by atoms with Gasteiger partial charge in [0.1, 0.15) is 14.7 Å². The standard InChI is InChI=1S/C33H22ClN9O12S4.4Na/c34-31-37-32(35)39-33(38-31)36-26-12-11-24(20-4-2-6-28(30(20)26)58(50,51)52)42-43-25-10-9-23(18-8-7-17(15-21(18)25)56(44,45)46)41-40-16-13-22-19(29(14-16)59(53,54)55)3-1-5-27(22)57(47,48)49;;;;/h1-15H,(H,44,45,46)(H,47,48,49)(H,50,51,52)(H,53,54,55)(H3,35,36,37,38,39);;;;. The molecule has 7 N–H and O–H groups in total. The van der Waals surface area contributed by atoms with Gasteiger partial charge < -0.3 is 4.98 Å². The molecule has 1 aromatic heterocycles. The van der Waals surface area contributed by atoms with Gasteiger partial charge in [-0.15, -0.1) is 15.3 Å². The summed E-state index contributed by atoms with van der Waals surface area (Å²) in [6.45, 7) is 0. The molecule has 0 saturated heterocycles. The van der Waals surface area contributed by atoms with Crippen molar-refractivity contribution in [3.05, 3.63) is 108 Å². The fourth-order valence-electron chi connectivity index (χ4n) is 5.96. The number of nitrogens with one attached hydrogen (secondary N) is 3. The van der Waals surface area contributed by atoms with Crippen LogP contribution < -0.4 is 11.2 Å². The van der Waals surface area contributed by atoms with Crippen LogP contribution in [0, 0.1) is 5.41 Å². The Hall–Kier alpha value is -2.16. The summed E-state index contributed by atoms with van der Waals surface area (Å²) < 4.78 is 138. The van der Waals surface area contributed by atoms with Gasteiger partial charge in [-0.2, -0.15) is 43.8 Å². The maximum atomic E-state index is 12.5. The normalized spacial score (nSPS) is 12.6. The second kappa shape index (κ2) is 21.2. The Morgan fingerprint density at radius 1 is 0.508 bits per heavy atom. The molecule has 0 aliphatic carbocycles. The Kier molecular flexibility index (Phi) is 18.6. The first kappa shape index (κ1) is 55.2. The molecule has 0 atom stereocenters. The molecule has 0 aliphatic rings. The van der Waals surface area contributed by atoms with E-state index in [-0.39, 0.29) is 196 Å². The van der Waals surface area contributed by atoms with Crippen LogP contribution in [0.5, 0.6) is 0 Å². The number of halogens is 1. The second-order valence-electron chi connectivity index (χ2n) is 12.2. The number of azo groups is 2. The number of fused-ring (bicyclic) bond motifs is 3. The molecule has 4 radical (unpaired) electrons. The van der Waals surface area contributed by atoms with Crippen LogP contribution in [-0.2, 0) is 40.5 Å². The molecule has 0 unspecified atom stereocenters. The van der Waals surface area contributed by atoms with Gasteiger partial charge >= 0.3 is 0 Å². The van der Waals surface area contributed by atoms with Gasteiger partial charge in [0.2, 0.25) is 16.5 Å². The molecule has 0 aliphatic heterocycles. The van der Waals surface area contributed by atoms with E-state index in [4.69, 9.17) is 17.0 Å². The average molecular weight is 992 g/mol.